The van der Waals surface area contributed by atoms with Gasteiger partial charge in [-0.3, -0.25) is 0 Å². The maximum atomic E-state index is 15.6. The first-order valence-electron chi connectivity index (χ1n) is 11.5. The van der Waals surface area contributed by atoms with E-state index in [2.05, 4.69) is 34.0 Å². The Bertz CT molecular complexity index is 1260. The Hall–Kier alpha value is -3.12. The van der Waals surface area contributed by atoms with Gasteiger partial charge in [-0.05, 0) is 48.8 Å². The molecule has 2 aliphatic carbocycles. The highest BCUT2D eigenvalue weighted by molar-refractivity contribution is 7.15. The molecule has 1 N–H and O–H groups in total. The number of phenols is 1. The monoisotopic (exact) mass is 478 g/mol. The molecule has 5 rings (SSSR count). The number of hydrogen-bond acceptors (Lipinski definition) is 8. The fourth-order valence-corrected chi connectivity index (χ4v) is 6.65. The fraction of sp³-hybridized carbons (Fsp3) is 0.480. The van der Waals surface area contributed by atoms with Crippen molar-refractivity contribution in [3.63, 3.8) is 0 Å². The summed E-state index contributed by atoms with van der Waals surface area (Å²) in [5.41, 5.74) is 1.05. The number of nitrogens with zero attached hydrogens (tertiary/aromatic N) is 6. The maximum absolute atomic E-state index is 15.6. The van der Waals surface area contributed by atoms with Crippen molar-refractivity contribution in [1.29, 1.82) is 5.26 Å². The Labute approximate surface area is 202 Å². The van der Waals surface area contributed by atoms with Crippen LogP contribution in [-0.4, -0.2) is 44.5 Å². The number of anilines is 1. The van der Waals surface area contributed by atoms with Gasteiger partial charge in [0, 0.05) is 18.7 Å². The summed E-state index contributed by atoms with van der Waals surface area (Å²) < 4.78 is 15.6. The molecule has 2 bridgehead atoms. The number of nitriles is 1. The Morgan fingerprint density at radius 2 is 2.03 bits per heavy atom. The quantitative estimate of drug-likeness (QED) is 0.538. The van der Waals surface area contributed by atoms with Crippen LogP contribution in [-0.2, 0) is 0 Å². The summed E-state index contributed by atoms with van der Waals surface area (Å²) in [4.78, 5) is 11.1. The molecule has 2 fully saturated rings. The minimum absolute atomic E-state index is 0.0112. The zero-order valence-electron chi connectivity index (χ0n) is 19.5. The van der Waals surface area contributed by atoms with E-state index in [0.717, 1.165) is 42.5 Å². The highest BCUT2D eigenvalue weighted by Crippen LogP contribution is 2.57. The summed E-state index contributed by atoms with van der Waals surface area (Å²) in [5, 5.41) is 28.5. The predicted molar refractivity (Wildman–Crippen MR) is 129 cm³/mol. The Balaban J connectivity index is 1.37. The molecule has 2 aliphatic rings. The smallest absolute Gasteiger partial charge is 0.194 e. The number of benzene rings is 1. The van der Waals surface area contributed by atoms with Crippen LogP contribution in [0, 0.1) is 22.2 Å². The summed E-state index contributed by atoms with van der Waals surface area (Å²) in [5.74, 6) is 0.824. The number of hydrogen-bond donors (Lipinski definition) is 1. The van der Waals surface area contributed by atoms with Crippen LogP contribution in [0.2, 0.25) is 0 Å². The van der Waals surface area contributed by atoms with Crippen molar-refractivity contribution in [1.82, 2.24) is 20.2 Å². The molecule has 34 heavy (non-hydrogen) atoms. The van der Waals surface area contributed by atoms with Crippen molar-refractivity contribution in [3.05, 3.63) is 35.6 Å². The number of halogens is 1. The second-order valence-corrected chi connectivity index (χ2v) is 11.3. The highest BCUT2D eigenvalue weighted by Gasteiger charge is 2.54. The third kappa shape index (κ3) is 3.90. The second kappa shape index (κ2) is 8.27. The van der Waals surface area contributed by atoms with Crippen molar-refractivity contribution in [2.24, 2.45) is 10.8 Å². The van der Waals surface area contributed by atoms with Crippen LogP contribution in [0.3, 0.4) is 0 Å². The first kappa shape index (κ1) is 22.7. The third-order valence-corrected chi connectivity index (χ3v) is 8.55. The normalized spacial score (nSPS) is 28.3. The van der Waals surface area contributed by atoms with E-state index in [1.807, 2.05) is 24.1 Å². The minimum atomic E-state index is -0.933. The lowest BCUT2D eigenvalue weighted by Gasteiger charge is -2.55. The molecule has 0 amide bonds. The van der Waals surface area contributed by atoms with Crippen LogP contribution < -0.4 is 4.90 Å². The predicted octanol–water partition coefficient (Wildman–Crippen LogP) is 5.37. The van der Waals surface area contributed by atoms with Gasteiger partial charge in [-0.2, -0.15) is 5.26 Å². The molecule has 2 heterocycles. The standard InChI is InChI=1S/C25H27FN6OS/c1-24-7-4-8-25(2,14-24)22(26)17(10-24)32(3)20-13-29-23(31-30-20)16-6-5-15(9-18(16)33)19-12-28-21(11-27)34-19/h5-6,9,12-13,17,22,33H,4,7-8,10,14H2,1-3H3/t17-,22-,24-,25-/m1/s1. The highest BCUT2D eigenvalue weighted by atomic mass is 32.1. The summed E-state index contributed by atoms with van der Waals surface area (Å²) >= 11 is 1.26. The van der Waals surface area contributed by atoms with Crippen molar-refractivity contribution in [2.45, 2.75) is 58.2 Å². The van der Waals surface area contributed by atoms with Crippen molar-refractivity contribution in [2.75, 3.05) is 11.9 Å². The Kier molecular flexibility index (Phi) is 5.52. The maximum Gasteiger partial charge on any atom is 0.194 e. The number of fused-ring (bicyclic) bond motifs is 2. The molecule has 0 unspecified atom stereocenters. The zero-order chi connectivity index (χ0) is 24.1. The number of aromatic nitrogens is 4. The van der Waals surface area contributed by atoms with Gasteiger partial charge in [-0.15, -0.1) is 21.5 Å². The summed E-state index contributed by atoms with van der Waals surface area (Å²) in [6.45, 7) is 4.37. The van der Waals surface area contributed by atoms with Crippen LogP contribution >= 0.6 is 11.3 Å². The molecular formula is C25H27FN6OS. The third-order valence-electron chi connectivity index (χ3n) is 7.60. The number of alkyl halides is 1. The van der Waals surface area contributed by atoms with Crippen LogP contribution in [0.25, 0.3) is 21.8 Å². The van der Waals surface area contributed by atoms with E-state index in [0.29, 0.717) is 22.2 Å². The van der Waals surface area contributed by atoms with Crippen molar-refractivity contribution < 1.29 is 9.50 Å². The molecule has 9 heteroatoms. The molecule has 2 saturated carbocycles. The van der Waals surface area contributed by atoms with E-state index in [1.165, 1.54) is 11.3 Å². The van der Waals surface area contributed by atoms with E-state index < -0.39 is 6.17 Å². The van der Waals surface area contributed by atoms with E-state index in [1.54, 1.807) is 24.5 Å². The molecule has 3 aromatic rings. The molecule has 0 saturated heterocycles. The van der Waals surface area contributed by atoms with Crippen LogP contribution in [0.5, 0.6) is 5.75 Å². The summed E-state index contributed by atoms with van der Waals surface area (Å²) in [6, 6.07) is 6.89. The first-order chi connectivity index (χ1) is 16.2. The van der Waals surface area contributed by atoms with E-state index in [-0.39, 0.29) is 22.6 Å². The second-order valence-electron chi connectivity index (χ2n) is 10.3. The van der Waals surface area contributed by atoms with E-state index in [9.17, 15) is 5.11 Å². The molecule has 4 atom stereocenters. The summed E-state index contributed by atoms with van der Waals surface area (Å²) in [6.07, 6.45) is 7.14. The lowest BCUT2D eigenvalue weighted by Crippen LogP contribution is -2.57. The van der Waals surface area contributed by atoms with Gasteiger partial charge in [-0.25, -0.2) is 14.4 Å². The molecule has 0 radical (unpaired) electrons. The summed E-state index contributed by atoms with van der Waals surface area (Å²) in [7, 11) is 1.87. The molecule has 2 aromatic heterocycles. The Morgan fingerprint density at radius 1 is 1.21 bits per heavy atom. The Morgan fingerprint density at radius 3 is 2.71 bits per heavy atom. The average molecular weight is 479 g/mol. The number of phenolic OH excluding ortho intramolecular Hbond substituents is 1. The van der Waals surface area contributed by atoms with Gasteiger partial charge in [0.15, 0.2) is 16.6 Å². The van der Waals surface area contributed by atoms with Gasteiger partial charge in [0.2, 0.25) is 0 Å². The van der Waals surface area contributed by atoms with Crippen LogP contribution in [0.1, 0.15) is 51.0 Å². The number of thiazole rings is 1. The fourth-order valence-electron chi connectivity index (χ4n) is 5.94. The first-order valence-corrected chi connectivity index (χ1v) is 12.3. The largest absolute Gasteiger partial charge is 0.507 e. The van der Waals surface area contributed by atoms with Gasteiger partial charge in [0.05, 0.1) is 22.7 Å². The van der Waals surface area contributed by atoms with Crippen LogP contribution in [0.4, 0.5) is 10.2 Å². The van der Waals surface area contributed by atoms with E-state index in [4.69, 9.17) is 5.26 Å². The van der Waals surface area contributed by atoms with Gasteiger partial charge in [-0.1, -0.05) is 26.3 Å². The van der Waals surface area contributed by atoms with Crippen molar-refractivity contribution in [3.8, 4) is 33.6 Å². The number of rotatable bonds is 4. The number of aromatic hydroxyl groups is 1. The lowest BCUT2D eigenvalue weighted by molar-refractivity contribution is -0.0540. The van der Waals surface area contributed by atoms with Gasteiger partial charge < -0.3 is 10.0 Å². The molecule has 7 nitrogen and oxygen atoms in total. The molecule has 1 aromatic carbocycles. The molecule has 0 spiro atoms. The topological polar surface area (TPSA) is 98.8 Å². The molecule has 0 aliphatic heterocycles. The van der Waals surface area contributed by atoms with Crippen molar-refractivity contribution >= 4 is 17.2 Å². The minimum Gasteiger partial charge on any atom is -0.507 e. The molecule has 176 valence electrons. The van der Waals surface area contributed by atoms with Gasteiger partial charge in [0.25, 0.3) is 0 Å². The van der Waals surface area contributed by atoms with Crippen LogP contribution in [0.15, 0.2) is 30.6 Å². The van der Waals surface area contributed by atoms with E-state index >= 15 is 4.39 Å². The zero-order valence-corrected chi connectivity index (χ0v) is 20.3. The van der Waals surface area contributed by atoms with Gasteiger partial charge in [0.1, 0.15) is 18.0 Å². The lowest BCUT2D eigenvalue weighted by atomic mass is 9.54. The molecular weight excluding hydrogens is 451 g/mol. The average Bonchev–Trinajstić information content (AvgIpc) is 3.30. The van der Waals surface area contributed by atoms with Gasteiger partial charge >= 0.3 is 0 Å². The SMILES string of the molecule is CN(c1cnc(-c2ccc(-c3cnc(C#N)s3)cc2O)nn1)[C@@H]1C[C@@]2(C)CCC[C@](C)(C2)[C@@H]1F.